The van der Waals surface area contributed by atoms with E-state index in [-0.39, 0.29) is 0 Å². The molecular weight excluding hydrogens is 336 g/mol. The van der Waals surface area contributed by atoms with Crippen molar-refractivity contribution in [3.05, 3.63) is 109 Å². The summed E-state index contributed by atoms with van der Waals surface area (Å²) in [7, 11) is 0. The van der Waals surface area contributed by atoms with Crippen molar-refractivity contribution in [1.29, 1.82) is 0 Å². The minimum Gasteiger partial charge on any atom is -0.457 e. The Kier molecular flexibility index (Phi) is 5.02. The Morgan fingerprint density at radius 3 is 0.963 bits per heavy atom. The number of benzene rings is 4. The fourth-order valence-corrected chi connectivity index (χ4v) is 2.59. The largest absolute Gasteiger partial charge is 0.457 e. The Hall–Kier alpha value is -3.72. The lowest BCUT2D eigenvalue weighted by Gasteiger charge is -2.10. The van der Waals surface area contributed by atoms with Gasteiger partial charge in [0.05, 0.1) is 0 Å². The minimum atomic E-state index is 0.695. The summed E-state index contributed by atoms with van der Waals surface area (Å²) in [6.07, 6.45) is 0. The Morgan fingerprint density at radius 2 is 0.593 bits per heavy atom. The van der Waals surface area contributed by atoms with E-state index in [2.05, 4.69) is 0 Å². The fraction of sp³-hybridized carbons (Fsp3) is 0. The quantitative estimate of drug-likeness (QED) is 0.371. The molecule has 0 heterocycles. The maximum Gasteiger partial charge on any atom is 0.131 e. The SMILES string of the molecule is c1ccc(Oc2cccc(Oc3cccc(Oc4ccccc4)c3)c2)cc1. The van der Waals surface area contributed by atoms with E-state index in [1.807, 2.05) is 109 Å². The fourth-order valence-electron chi connectivity index (χ4n) is 2.59. The van der Waals surface area contributed by atoms with E-state index in [4.69, 9.17) is 14.2 Å². The van der Waals surface area contributed by atoms with Crippen molar-refractivity contribution in [2.75, 3.05) is 0 Å². The molecule has 27 heavy (non-hydrogen) atoms. The van der Waals surface area contributed by atoms with Crippen molar-refractivity contribution in [2.45, 2.75) is 0 Å². The van der Waals surface area contributed by atoms with Gasteiger partial charge in [-0.3, -0.25) is 0 Å². The van der Waals surface area contributed by atoms with Crippen LogP contribution in [0.3, 0.4) is 0 Å². The van der Waals surface area contributed by atoms with Crippen LogP contribution in [0.25, 0.3) is 0 Å². The van der Waals surface area contributed by atoms with Crippen molar-refractivity contribution in [2.24, 2.45) is 0 Å². The van der Waals surface area contributed by atoms with Gasteiger partial charge in [0.2, 0.25) is 0 Å². The molecule has 0 aliphatic carbocycles. The molecule has 0 bridgehead atoms. The summed E-state index contributed by atoms with van der Waals surface area (Å²) < 4.78 is 17.7. The van der Waals surface area contributed by atoms with Crippen LogP contribution >= 0.6 is 0 Å². The maximum atomic E-state index is 5.98. The second-order valence-electron chi connectivity index (χ2n) is 5.88. The van der Waals surface area contributed by atoms with Crippen LogP contribution in [-0.4, -0.2) is 0 Å². The standard InChI is InChI=1S/C24H18O3/c1-3-9-19(10-4-1)25-21-13-7-15-23(17-21)27-24-16-8-14-22(18-24)26-20-11-5-2-6-12-20/h1-18H. The number of para-hydroxylation sites is 2. The van der Waals surface area contributed by atoms with Gasteiger partial charge in [-0.1, -0.05) is 48.5 Å². The number of rotatable bonds is 6. The van der Waals surface area contributed by atoms with Gasteiger partial charge in [-0.05, 0) is 48.5 Å². The highest BCUT2D eigenvalue weighted by molar-refractivity contribution is 5.42. The van der Waals surface area contributed by atoms with Gasteiger partial charge in [-0.2, -0.15) is 0 Å². The van der Waals surface area contributed by atoms with E-state index in [9.17, 15) is 0 Å². The topological polar surface area (TPSA) is 27.7 Å². The molecule has 4 aromatic rings. The normalized spacial score (nSPS) is 10.2. The van der Waals surface area contributed by atoms with Crippen LogP contribution in [0.15, 0.2) is 109 Å². The Balaban J connectivity index is 1.47. The molecule has 0 fully saturated rings. The summed E-state index contributed by atoms with van der Waals surface area (Å²) >= 11 is 0. The maximum absolute atomic E-state index is 5.98. The third-order valence-electron chi connectivity index (χ3n) is 3.80. The van der Waals surface area contributed by atoms with E-state index in [1.165, 1.54) is 0 Å². The molecule has 0 saturated heterocycles. The predicted octanol–water partition coefficient (Wildman–Crippen LogP) is 7.06. The van der Waals surface area contributed by atoms with Crippen LogP contribution in [-0.2, 0) is 0 Å². The summed E-state index contributed by atoms with van der Waals surface area (Å²) in [5.74, 6) is 4.40. The van der Waals surface area contributed by atoms with E-state index in [0.29, 0.717) is 11.5 Å². The van der Waals surface area contributed by atoms with Gasteiger partial charge in [0.25, 0.3) is 0 Å². The molecule has 0 N–H and O–H groups in total. The highest BCUT2D eigenvalue weighted by atomic mass is 16.5. The van der Waals surface area contributed by atoms with Crippen LogP contribution in [0, 0.1) is 0 Å². The molecule has 0 spiro atoms. The molecule has 3 nitrogen and oxygen atoms in total. The summed E-state index contributed by atoms with van der Waals surface area (Å²) in [6, 6.07) is 34.4. The van der Waals surface area contributed by atoms with Gasteiger partial charge >= 0.3 is 0 Å². The third-order valence-corrected chi connectivity index (χ3v) is 3.80. The summed E-state index contributed by atoms with van der Waals surface area (Å²) in [5, 5.41) is 0. The monoisotopic (exact) mass is 354 g/mol. The summed E-state index contributed by atoms with van der Waals surface area (Å²) in [5.41, 5.74) is 0. The highest BCUT2D eigenvalue weighted by Gasteiger charge is 2.04. The molecule has 0 amide bonds. The van der Waals surface area contributed by atoms with Crippen LogP contribution < -0.4 is 14.2 Å². The van der Waals surface area contributed by atoms with Gasteiger partial charge < -0.3 is 14.2 Å². The smallest absolute Gasteiger partial charge is 0.131 e. The molecule has 4 rings (SSSR count). The molecule has 0 atom stereocenters. The third kappa shape index (κ3) is 4.67. The number of hydrogen-bond donors (Lipinski definition) is 0. The van der Waals surface area contributed by atoms with E-state index >= 15 is 0 Å². The molecule has 0 saturated carbocycles. The van der Waals surface area contributed by atoms with Crippen molar-refractivity contribution in [3.8, 4) is 34.5 Å². The zero-order valence-corrected chi connectivity index (χ0v) is 14.6. The second-order valence-corrected chi connectivity index (χ2v) is 5.88. The van der Waals surface area contributed by atoms with Crippen LogP contribution in [0.4, 0.5) is 0 Å². The first-order valence-electron chi connectivity index (χ1n) is 8.69. The van der Waals surface area contributed by atoms with Gasteiger partial charge in [-0.15, -0.1) is 0 Å². The lowest BCUT2D eigenvalue weighted by Crippen LogP contribution is -1.88. The molecule has 132 valence electrons. The van der Waals surface area contributed by atoms with E-state index in [1.54, 1.807) is 0 Å². The van der Waals surface area contributed by atoms with Crippen molar-refractivity contribution in [1.82, 2.24) is 0 Å². The van der Waals surface area contributed by atoms with Crippen LogP contribution in [0.2, 0.25) is 0 Å². The molecule has 0 aromatic heterocycles. The second kappa shape index (κ2) is 8.11. The Labute approximate surface area is 158 Å². The summed E-state index contributed by atoms with van der Waals surface area (Å²) in [4.78, 5) is 0. The lowest BCUT2D eigenvalue weighted by molar-refractivity contribution is 0.451. The van der Waals surface area contributed by atoms with Crippen LogP contribution in [0.5, 0.6) is 34.5 Å². The van der Waals surface area contributed by atoms with Crippen LogP contribution in [0.1, 0.15) is 0 Å². The van der Waals surface area contributed by atoms with Gasteiger partial charge in [0, 0.05) is 12.1 Å². The zero-order chi connectivity index (χ0) is 18.3. The number of hydrogen-bond acceptors (Lipinski definition) is 3. The average Bonchev–Trinajstić information content (AvgIpc) is 2.70. The Morgan fingerprint density at radius 1 is 0.296 bits per heavy atom. The molecule has 4 aromatic carbocycles. The predicted molar refractivity (Wildman–Crippen MR) is 106 cm³/mol. The Bertz CT molecular complexity index is 915. The zero-order valence-electron chi connectivity index (χ0n) is 14.6. The molecule has 0 unspecified atom stereocenters. The molecule has 3 heteroatoms. The van der Waals surface area contributed by atoms with E-state index in [0.717, 1.165) is 23.0 Å². The first-order valence-corrected chi connectivity index (χ1v) is 8.69. The first kappa shape index (κ1) is 16.7. The van der Waals surface area contributed by atoms with Gasteiger partial charge in [-0.25, -0.2) is 0 Å². The van der Waals surface area contributed by atoms with Crippen molar-refractivity contribution in [3.63, 3.8) is 0 Å². The minimum absolute atomic E-state index is 0.695. The van der Waals surface area contributed by atoms with Gasteiger partial charge in [0.1, 0.15) is 34.5 Å². The highest BCUT2D eigenvalue weighted by Crippen LogP contribution is 2.31. The molecule has 0 radical (unpaired) electrons. The van der Waals surface area contributed by atoms with E-state index < -0.39 is 0 Å². The molecule has 0 aliphatic heterocycles. The van der Waals surface area contributed by atoms with Crippen molar-refractivity contribution >= 4 is 0 Å². The molecular formula is C24H18O3. The first-order chi connectivity index (χ1) is 13.3. The van der Waals surface area contributed by atoms with Crippen molar-refractivity contribution < 1.29 is 14.2 Å². The van der Waals surface area contributed by atoms with Gasteiger partial charge in [0.15, 0.2) is 0 Å². The lowest BCUT2D eigenvalue weighted by atomic mass is 10.3. The molecule has 0 aliphatic rings. The summed E-state index contributed by atoms with van der Waals surface area (Å²) in [6.45, 7) is 0. The number of ether oxygens (including phenoxy) is 3. The average molecular weight is 354 g/mol.